The lowest BCUT2D eigenvalue weighted by molar-refractivity contribution is -0.135. The van der Waals surface area contributed by atoms with Gasteiger partial charge in [0.05, 0.1) is 18.8 Å². The number of likely N-dealkylation sites (tertiary alicyclic amines) is 1. The number of carbonyl (C=O) groups excluding carboxylic acids is 1. The minimum atomic E-state index is -0.0629. The van der Waals surface area contributed by atoms with Gasteiger partial charge in [0.1, 0.15) is 0 Å². The number of amides is 1. The Morgan fingerprint density at radius 2 is 2.21 bits per heavy atom. The van der Waals surface area contributed by atoms with E-state index in [1.807, 2.05) is 16.7 Å². The summed E-state index contributed by atoms with van der Waals surface area (Å²) in [5.41, 5.74) is 0. The summed E-state index contributed by atoms with van der Waals surface area (Å²) in [6.45, 7) is 3.11. The van der Waals surface area contributed by atoms with Gasteiger partial charge in [-0.15, -0.1) is 0 Å². The Balaban J connectivity index is 1.42. The van der Waals surface area contributed by atoms with Gasteiger partial charge in [0.15, 0.2) is 5.76 Å². The number of thioether (sulfide) groups is 1. The van der Waals surface area contributed by atoms with Gasteiger partial charge in [-0.1, -0.05) is 5.16 Å². The average molecular weight is 348 g/mol. The number of aromatic nitrogens is 2. The van der Waals surface area contributed by atoms with E-state index in [0.717, 1.165) is 44.0 Å². The lowest BCUT2D eigenvalue weighted by Crippen LogP contribution is -2.48. The topological polar surface area (TPSA) is 75.6 Å². The Labute approximate surface area is 144 Å². The van der Waals surface area contributed by atoms with Gasteiger partial charge in [0.25, 0.3) is 0 Å². The van der Waals surface area contributed by atoms with Crippen LogP contribution in [0.25, 0.3) is 11.6 Å². The lowest BCUT2D eigenvalue weighted by atomic mass is 10.2. The molecule has 0 aromatic carbocycles. The summed E-state index contributed by atoms with van der Waals surface area (Å²) in [4.78, 5) is 21.3. The fourth-order valence-corrected chi connectivity index (χ4v) is 4.19. The Morgan fingerprint density at radius 1 is 1.33 bits per heavy atom. The Kier molecular flexibility index (Phi) is 4.57. The molecule has 1 atom stereocenters. The number of hydrogen-bond donors (Lipinski definition) is 0. The monoisotopic (exact) mass is 348 g/mol. The van der Waals surface area contributed by atoms with Crippen molar-refractivity contribution >= 4 is 17.7 Å². The van der Waals surface area contributed by atoms with E-state index < -0.39 is 0 Å². The van der Waals surface area contributed by atoms with Gasteiger partial charge >= 0.3 is 0 Å². The predicted molar refractivity (Wildman–Crippen MR) is 89.3 cm³/mol. The molecule has 2 fully saturated rings. The highest BCUT2D eigenvalue weighted by molar-refractivity contribution is 7.99. The smallest absolute Gasteiger partial charge is 0.241 e. The summed E-state index contributed by atoms with van der Waals surface area (Å²) in [5, 5.41) is 3.96. The maximum absolute atomic E-state index is 12.8. The standard InChI is InChI=1S/C16H20N4O3S/c21-16(19-6-9-24-10-7-19)12-3-1-5-20(12)11-14-17-15(18-23-14)13-4-2-8-22-13/h2,4,8,12H,1,3,5-7,9-11H2/t12-/m1/s1. The normalized spacial score (nSPS) is 22.2. The van der Waals surface area contributed by atoms with Gasteiger partial charge in [0, 0.05) is 24.6 Å². The van der Waals surface area contributed by atoms with Crippen LogP contribution in [0, 0.1) is 0 Å². The molecule has 0 spiro atoms. The van der Waals surface area contributed by atoms with Crippen LogP contribution < -0.4 is 0 Å². The molecule has 7 nitrogen and oxygen atoms in total. The highest BCUT2D eigenvalue weighted by Crippen LogP contribution is 2.24. The molecule has 2 aromatic heterocycles. The molecule has 0 saturated carbocycles. The minimum absolute atomic E-state index is 0.0629. The molecule has 8 heteroatoms. The van der Waals surface area contributed by atoms with Crippen LogP contribution in [0.5, 0.6) is 0 Å². The average Bonchev–Trinajstić information content (AvgIpc) is 3.37. The van der Waals surface area contributed by atoms with Crippen molar-refractivity contribution in [3.05, 3.63) is 24.3 Å². The van der Waals surface area contributed by atoms with Crippen LogP contribution in [0.4, 0.5) is 0 Å². The maximum Gasteiger partial charge on any atom is 0.241 e. The number of furan rings is 1. The lowest BCUT2D eigenvalue weighted by Gasteiger charge is -2.31. The van der Waals surface area contributed by atoms with Crippen LogP contribution in [0.2, 0.25) is 0 Å². The molecular formula is C16H20N4O3S. The molecule has 24 heavy (non-hydrogen) atoms. The number of hydrogen-bond acceptors (Lipinski definition) is 7. The van der Waals surface area contributed by atoms with Gasteiger partial charge in [-0.3, -0.25) is 9.69 Å². The Morgan fingerprint density at radius 3 is 3.00 bits per heavy atom. The van der Waals surface area contributed by atoms with E-state index in [-0.39, 0.29) is 11.9 Å². The van der Waals surface area contributed by atoms with Crippen molar-refractivity contribution in [2.75, 3.05) is 31.1 Å². The first-order valence-corrected chi connectivity index (χ1v) is 9.44. The molecule has 128 valence electrons. The van der Waals surface area contributed by atoms with Crippen molar-refractivity contribution in [2.45, 2.75) is 25.4 Å². The molecule has 0 radical (unpaired) electrons. The van der Waals surface area contributed by atoms with Crippen molar-refractivity contribution in [3.8, 4) is 11.6 Å². The molecule has 2 saturated heterocycles. The molecule has 4 heterocycles. The zero-order chi connectivity index (χ0) is 16.4. The number of carbonyl (C=O) groups is 1. The number of rotatable bonds is 4. The Hall–Kier alpha value is -1.80. The van der Waals surface area contributed by atoms with Gasteiger partial charge in [-0.05, 0) is 31.5 Å². The first kappa shape index (κ1) is 15.7. The molecule has 0 bridgehead atoms. The molecule has 0 N–H and O–H groups in total. The Bertz CT molecular complexity index is 681. The molecule has 4 rings (SSSR count). The molecule has 0 aliphatic carbocycles. The fourth-order valence-electron chi connectivity index (χ4n) is 3.29. The zero-order valence-corrected chi connectivity index (χ0v) is 14.2. The first-order chi connectivity index (χ1) is 11.8. The fraction of sp³-hybridized carbons (Fsp3) is 0.562. The summed E-state index contributed by atoms with van der Waals surface area (Å²) in [6.07, 6.45) is 3.51. The van der Waals surface area contributed by atoms with Crippen LogP contribution in [-0.4, -0.2) is 63.0 Å². The van der Waals surface area contributed by atoms with E-state index in [9.17, 15) is 4.79 Å². The van der Waals surface area contributed by atoms with Crippen LogP contribution >= 0.6 is 11.8 Å². The largest absolute Gasteiger partial charge is 0.461 e. The predicted octanol–water partition coefficient (Wildman–Crippen LogP) is 1.87. The maximum atomic E-state index is 12.8. The SMILES string of the molecule is O=C([C@H]1CCCN1Cc1nc(-c2ccco2)no1)N1CCSCC1. The van der Waals surface area contributed by atoms with Gasteiger partial charge in [0.2, 0.25) is 17.6 Å². The first-order valence-electron chi connectivity index (χ1n) is 8.28. The second-order valence-corrected chi connectivity index (χ2v) is 7.28. The molecule has 1 amide bonds. The van der Waals surface area contributed by atoms with Crippen LogP contribution in [0.3, 0.4) is 0 Å². The van der Waals surface area contributed by atoms with Gasteiger partial charge in [-0.2, -0.15) is 16.7 Å². The molecule has 2 aromatic rings. The van der Waals surface area contributed by atoms with E-state index in [0.29, 0.717) is 24.0 Å². The summed E-state index contributed by atoms with van der Waals surface area (Å²) < 4.78 is 10.6. The van der Waals surface area contributed by atoms with E-state index in [2.05, 4.69) is 15.0 Å². The van der Waals surface area contributed by atoms with Crippen molar-refractivity contribution in [3.63, 3.8) is 0 Å². The summed E-state index contributed by atoms with van der Waals surface area (Å²) >= 11 is 1.91. The second kappa shape index (κ2) is 6.98. The van der Waals surface area contributed by atoms with E-state index in [1.165, 1.54) is 0 Å². The van der Waals surface area contributed by atoms with Crippen LogP contribution in [-0.2, 0) is 11.3 Å². The second-order valence-electron chi connectivity index (χ2n) is 6.06. The molecule has 2 aliphatic rings. The number of nitrogens with zero attached hydrogens (tertiary/aromatic N) is 4. The van der Waals surface area contributed by atoms with Crippen molar-refractivity contribution in [2.24, 2.45) is 0 Å². The molecular weight excluding hydrogens is 328 g/mol. The third-order valence-electron chi connectivity index (χ3n) is 4.52. The van der Waals surface area contributed by atoms with Crippen molar-refractivity contribution in [1.82, 2.24) is 19.9 Å². The third kappa shape index (κ3) is 3.21. The van der Waals surface area contributed by atoms with Crippen molar-refractivity contribution in [1.29, 1.82) is 0 Å². The molecule has 2 aliphatic heterocycles. The highest BCUT2D eigenvalue weighted by atomic mass is 32.2. The van der Waals surface area contributed by atoms with E-state index >= 15 is 0 Å². The van der Waals surface area contributed by atoms with Gasteiger partial charge in [-0.25, -0.2) is 0 Å². The summed E-state index contributed by atoms with van der Waals surface area (Å²) in [6, 6.07) is 3.52. The highest BCUT2D eigenvalue weighted by Gasteiger charge is 2.35. The third-order valence-corrected chi connectivity index (χ3v) is 5.46. The minimum Gasteiger partial charge on any atom is -0.461 e. The zero-order valence-electron chi connectivity index (χ0n) is 13.4. The molecule has 0 unspecified atom stereocenters. The quantitative estimate of drug-likeness (QED) is 0.835. The van der Waals surface area contributed by atoms with Crippen LogP contribution in [0.15, 0.2) is 27.3 Å². The van der Waals surface area contributed by atoms with E-state index in [4.69, 9.17) is 8.94 Å². The summed E-state index contributed by atoms with van der Waals surface area (Å²) in [5.74, 6) is 3.88. The van der Waals surface area contributed by atoms with Gasteiger partial charge < -0.3 is 13.8 Å². The van der Waals surface area contributed by atoms with E-state index in [1.54, 1.807) is 18.4 Å². The summed E-state index contributed by atoms with van der Waals surface area (Å²) in [7, 11) is 0. The van der Waals surface area contributed by atoms with Crippen molar-refractivity contribution < 1.29 is 13.7 Å². The van der Waals surface area contributed by atoms with Crippen LogP contribution in [0.1, 0.15) is 18.7 Å².